The van der Waals surface area contributed by atoms with Crippen molar-refractivity contribution >= 4 is 23.9 Å². The van der Waals surface area contributed by atoms with Crippen LogP contribution >= 0.6 is 0 Å². The highest BCUT2D eigenvalue weighted by Gasteiger charge is 2.25. The average Bonchev–Trinajstić information content (AvgIpc) is 0.862. The van der Waals surface area contributed by atoms with Crippen LogP contribution in [-0.4, -0.2) is 77.9 Å². The molecule has 0 fully saturated rings. The minimum atomic E-state index is -0.438. The molecule has 0 bridgehead atoms. The molecule has 796 valence electrons. The SMILES string of the molecule is CCC(C)c1ccc(C(=O)OC(C)(C)C)cc1.CCC(C)c1ccc(C(=O)OC(C)(C)C)cc1.CCC(C)c1ccc(C(=O)OC(C)(C)C)cc1.CCC(C)c1ccc(C(=O)OC(C)(C)CC)cc1.CCC(C)c1ccc(O)cc1.CCC(C)c1ccc(O)cc1.CCC(C)c1ccc(O)cc1.CCC(C)c1ccc(O)cc1.CCC(C)c1ccc(OC(C)(C)C)cc1.CCC(C)c1ccc(OC(C)(C)CC)cc1. The highest BCUT2D eigenvalue weighted by molar-refractivity contribution is 5.91. The maximum Gasteiger partial charge on any atom is 0.338 e. The first kappa shape index (κ1) is 131. The summed E-state index contributed by atoms with van der Waals surface area (Å²) in [6.45, 7) is 79.0. The molecule has 0 saturated heterocycles. The molecular formula is C130H192O14. The van der Waals surface area contributed by atoms with E-state index >= 15 is 0 Å². The van der Waals surface area contributed by atoms with Crippen LogP contribution in [-0.2, 0) is 18.9 Å². The third-order valence-corrected chi connectivity index (χ3v) is 25.8. The number of benzene rings is 10. The number of carbonyl (C=O) groups excluding carboxylic acids is 4. The van der Waals surface area contributed by atoms with E-state index in [1.165, 1.54) is 68.5 Å². The van der Waals surface area contributed by atoms with Crippen molar-refractivity contribution in [2.24, 2.45) is 0 Å². The number of aromatic hydroxyl groups is 4. The van der Waals surface area contributed by atoms with Gasteiger partial charge in [-0.25, -0.2) is 19.2 Å². The van der Waals surface area contributed by atoms with Crippen LogP contribution in [0.2, 0.25) is 0 Å². The van der Waals surface area contributed by atoms with Crippen LogP contribution in [0.1, 0.15) is 496 Å². The van der Waals surface area contributed by atoms with E-state index < -0.39 is 22.4 Å². The molecule has 0 aliphatic carbocycles. The maximum atomic E-state index is 11.9. The van der Waals surface area contributed by atoms with Crippen LogP contribution in [0.3, 0.4) is 0 Å². The predicted octanol–water partition coefficient (Wildman–Crippen LogP) is 37.8. The summed E-state index contributed by atoms with van der Waals surface area (Å²) in [5.41, 5.74) is 13.6. The fourth-order valence-corrected chi connectivity index (χ4v) is 13.2. The highest BCUT2D eigenvalue weighted by Crippen LogP contribution is 2.32. The Balaban J connectivity index is 0.000000804. The van der Waals surface area contributed by atoms with Gasteiger partial charge in [0.15, 0.2) is 0 Å². The van der Waals surface area contributed by atoms with Crippen LogP contribution in [0.15, 0.2) is 243 Å². The molecule has 10 aromatic rings. The van der Waals surface area contributed by atoms with Gasteiger partial charge < -0.3 is 48.8 Å². The summed E-state index contributed by atoms with van der Waals surface area (Å²) < 4.78 is 33.1. The summed E-state index contributed by atoms with van der Waals surface area (Å²) in [4.78, 5) is 47.3. The molecule has 0 aliphatic rings. The van der Waals surface area contributed by atoms with E-state index in [9.17, 15) is 19.2 Å². The van der Waals surface area contributed by atoms with Crippen molar-refractivity contribution in [3.05, 3.63) is 321 Å². The molecule has 144 heavy (non-hydrogen) atoms. The average molecular weight is 1980 g/mol. The molecule has 10 rings (SSSR count). The highest BCUT2D eigenvalue weighted by atomic mass is 16.6. The molecular weight excluding hydrogens is 1790 g/mol. The van der Waals surface area contributed by atoms with Crippen LogP contribution in [0.5, 0.6) is 34.5 Å². The lowest BCUT2D eigenvalue weighted by Gasteiger charge is -2.25. The van der Waals surface area contributed by atoms with Crippen molar-refractivity contribution in [1.29, 1.82) is 0 Å². The number of esters is 4. The number of hydrogen-bond donors (Lipinski definition) is 4. The molecule has 0 aliphatic heterocycles. The first-order chi connectivity index (χ1) is 67.2. The zero-order valence-corrected chi connectivity index (χ0v) is 96.2. The van der Waals surface area contributed by atoms with Crippen molar-refractivity contribution < 1.29 is 68.0 Å². The normalized spacial score (nSPS) is 13.2. The molecule has 10 unspecified atom stereocenters. The molecule has 0 radical (unpaired) electrons. The van der Waals surface area contributed by atoms with E-state index in [-0.39, 0.29) is 35.1 Å². The van der Waals surface area contributed by atoms with Gasteiger partial charge in [-0.05, 0) is 424 Å². The molecule has 0 saturated carbocycles. The third kappa shape index (κ3) is 54.7. The monoisotopic (exact) mass is 1980 g/mol. The summed E-state index contributed by atoms with van der Waals surface area (Å²) in [6.07, 6.45) is 13.2. The Morgan fingerprint density at radius 3 is 0.472 bits per heavy atom. The Labute approximate surface area is 874 Å². The van der Waals surface area contributed by atoms with Gasteiger partial charge in [0.05, 0.1) is 22.3 Å². The minimum absolute atomic E-state index is 0.0715. The second-order valence-electron chi connectivity index (χ2n) is 43.5. The lowest BCUT2D eigenvalue weighted by Crippen LogP contribution is -2.27. The maximum absolute atomic E-state index is 11.9. The Kier molecular flexibility index (Phi) is 60.1. The van der Waals surface area contributed by atoms with Crippen LogP contribution < -0.4 is 9.47 Å². The first-order valence-corrected chi connectivity index (χ1v) is 53.3. The molecule has 0 aromatic heterocycles. The van der Waals surface area contributed by atoms with E-state index in [0.29, 0.717) is 104 Å². The van der Waals surface area contributed by atoms with E-state index in [4.69, 9.17) is 48.8 Å². The number of rotatable bonds is 30. The predicted molar refractivity (Wildman–Crippen MR) is 609 cm³/mol. The lowest BCUT2D eigenvalue weighted by atomic mass is 9.97. The summed E-state index contributed by atoms with van der Waals surface area (Å²) in [5, 5.41) is 36.0. The van der Waals surface area contributed by atoms with Gasteiger partial charge in [-0.2, -0.15) is 0 Å². The van der Waals surface area contributed by atoms with Gasteiger partial charge in [-0.1, -0.05) is 274 Å². The van der Waals surface area contributed by atoms with Gasteiger partial charge in [-0.15, -0.1) is 0 Å². The van der Waals surface area contributed by atoms with Crippen molar-refractivity contribution in [3.8, 4) is 34.5 Å². The number of phenolic OH excluding ortho intramolecular Hbond substituents is 4. The molecule has 14 nitrogen and oxygen atoms in total. The lowest BCUT2D eigenvalue weighted by molar-refractivity contribution is -0.00280. The smallest absolute Gasteiger partial charge is 0.338 e. The molecule has 10 aromatic carbocycles. The van der Waals surface area contributed by atoms with Gasteiger partial charge in [-0.3, -0.25) is 0 Å². The summed E-state index contributed by atoms with van der Waals surface area (Å²) >= 11 is 0. The van der Waals surface area contributed by atoms with E-state index in [1.807, 2.05) is 229 Å². The fraction of sp³-hybridized carbons (Fsp3) is 0.508. The summed E-state index contributed by atoms with van der Waals surface area (Å²) in [6, 6.07) is 77.5. The molecule has 14 heteroatoms. The van der Waals surface area contributed by atoms with Crippen LogP contribution in [0.4, 0.5) is 0 Å². The summed E-state index contributed by atoms with van der Waals surface area (Å²) in [5.74, 6) is 8.05. The number of carbonyl (C=O) groups is 4. The summed E-state index contributed by atoms with van der Waals surface area (Å²) in [7, 11) is 0. The number of hydrogen-bond acceptors (Lipinski definition) is 14. The zero-order valence-electron chi connectivity index (χ0n) is 96.2. The largest absolute Gasteiger partial charge is 0.508 e. The van der Waals surface area contributed by atoms with Crippen molar-refractivity contribution in [2.45, 2.75) is 433 Å². The van der Waals surface area contributed by atoms with Gasteiger partial charge >= 0.3 is 23.9 Å². The third-order valence-electron chi connectivity index (χ3n) is 25.8. The van der Waals surface area contributed by atoms with Crippen LogP contribution in [0, 0.1) is 0 Å². The molecule has 10 atom stereocenters. The zero-order chi connectivity index (χ0) is 110. The molecule has 0 heterocycles. The van der Waals surface area contributed by atoms with Crippen molar-refractivity contribution in [1.82, 2.24) is 0 Å². The molecule has 0 spiro atoms. The van der Waals surface area contributed by atoms with E-state index in [0.717, 1.165) is 75.7 Å². The fourth-order valence-electron chi connectivity index (χ4n) is 13.2. The van der Waals surface area contributed by atoms with Gasteiger partial charge in [0.25, 0.3) is 0 Å². The van der Waals surface area contributed by atoms with Gasteiger partial charge in [0.2, 0.25) is 0 Å². The second-order valence-corrected chi connectivity index (χ2v) is 43.5. The van der Waals surface area contributed by atoms with Gasteiger partial charge in [0.1, 0.15) is 68.1 Å². The Bertz CT molecular complexity index is 4710. The van der Waals surface area contributed by atoms with Gasteiger partial charge in [0, 0.05) is 0 Å². The second kappa shape index (κ2) is 66.1. The Morgan fingerprint density at radius 2 is 0.333 bits per heavy atom. The first-order valence-electron chi connectivity index (χ1n) is 53.3. The topological polar surface area (TPSA) is 205 Å². The standard InChI is InChI=1S/C16H24O2.3C15H22O2.C15H24O.C14H22O.4C10H14O/c1-6-12(3)13-8-10-14(11-9-13)15(17)18-16(4,5)7-2;3*1-6-11(2)12-7-9-13(10-8-12)14(16)17-15(3,4)5;1-6-12(3)13-8-10-14(11-9-13)16-15(4,5)7-2;1-6-11(2)12-7-9-13(10-8-12)15-14(3,4)5;4*1-3-8(2)9-4-6-10(11)7-5-9/h8-12H,6-7H2,1-5H3;3*7-11H,6H2,1-5H3;8-12H,6-7H2,1-5H3;7-11H,6H2,1-5H3;4*4-8,11H,3H2,1-2H3. The Hall–Kier alpha value is -11.1. The van der Waals surface area contributed by atoms with Crippen molar-refractivity contribution in [2.75, 3.05) is 0 Å². The molecule has 0 amide bonds. The van der Waals surface area contributed by atoms with E-state index in [2.05, 4.69) is 229 Å². The number of ether oxygens (including phenoxy) is 6. The van der Waals surface area contributed by atoms with E-state index in [1.54, 1.807) is 48.5 Å². The van der Waals surface area contributed by atoms with Crippen LogP contribution in [0.25, 0.3) is 0 Å². The quantitative estimate of drug-likeness (QED) is 0.0244. The minimum Gasteiger partial charge on any atom is -0.508 e. The van der Waals surface area contributed by atoms with Crippen molar-refractivity contribution in [3.63, 3.8) is 0 Å². The number of phenols is 4. The Morgan fingerprint density at radius 1 is 0.194 bits per heavy atom. The molecule has 4 N–H and O–H groups in total.